The van der Waals surface area contributed by atoms with Crippen LogP contribution < -0.4 is 5.32 Å². The Morgan fingerprint density at radius 1 is 1.32 bits per heavy atom. The van der Waals surface area contributed by atoms with E-state index in [0.29, 0.717) is 11.8 Å². The molecule has 1 aromatic carbocycles. The molecular weight excluding hydrogens is 281 g/mol. The number of hydrogen-bond donors (Lipinski definition) is 1. The average Bonchev–Trinajstić information content (AvgIpc) is 2.38. The van der Waals surface area contributed by atoms with E-state index < -0.39 is 0 Å². The van der Waals surface area contributed by atoms with E-state index in [1.165, 1.54) is 11.1 Å². The highest BCUT2D eigenvalue weighted by molar-refractivity contribution is 6.65. The van der Waals surface area contributed by atoms with Crippen LogP contribution in [0, 0.1) is 13.8 Å². The lowest BCUT2D eigenvalue weighted by Gasteiger charge is -2.28. The van der Waals surface area contributed by atoms with E-state index in [4.69, 9.17) is 23.2 Å². The minimum absolute atomic E-state index is 0.262. The summed E-state index contributed by atoms with van der Waals surface area (Å²) in [5, 5.41) is 3.84. The Hall–Kier alpha value is -1.19. The molecule has 1 heterocycles. The van der Waals surface area contributed by atoms with Gasteiger partial charge in [-0.15, -0.1) is 0 Å². The fraction of sp³-hybridized carbons (Fsp3) is 0.357. The number of nitrogens with one attached hydrogen (secondary N) is 1. The molecule has 0 radical (unpaired) electrons. The van der Waals surface area contributed by atoms with E-state index >= 15 is 0 Å². The number of likely N-dealkylation sites (N-methyl/N-ethyl adjacent to an activating group) is 1. The van der Waals surface area contributed by atoms with E-state index in [2.05, 4.69) is 42.4 Å². The second-order valence-corrected chi connectivity index (χ2v) is 5.42. The van der Waals surface area contributed by atoms with Gasteiger partial charge < -0.3 is 10.2 Å². The predicted octanol–water partition coefficient (Wildman–Crippen LogP) is 3.70. The predicted molar refractivity (Wildman–Crippen MR) is 83.2 cm³/mol. The minimum atomic E-state index is -0.262. The number of aryl methyl sites for hydroxylation is 2. The molecule has 0 saturated heterocycles. The van der Waals surface area contributed by atoms with E-state index in [9.17, 15) is 0 Å². The Morgan fingerprint density at radius 3 is 2.58 bits per heavy atom. The van der Waals surface area contributed by atoms with Crippen LogP contribution in [0.25, 0.3) is 0 Å². The van der Waals surface area contributed by atoms with Crippen molar-refractivity contribution in [2.24, 2.45) is 4.99 Å². The molecule has 0 aliphatic carbocycles. The van der Waals surface area contributed by atoms with Crippen LogP contribution in [0.3, 0.4) is 0 Å². The fourth-order valence-electron chi connectivity index (χ4n) is 2.04. The molecule has 1 atom stereocenters. The van der Waals surface area contributed by atoms with E-state index in [-0.39, 0.29) is 5.50 Å². The lowest BCUT2D eigenvalue weighted by molar-refractivity contribution is 0.504. The average molecular weight is 298 g/mol. The number of halogens is 2. The summed E-state index contributed by atoms with van der Waals surface area (Å²) in [4.78, 5) is 5.86. The standard InChI is InChI=1S/C14H17Cl2N3/c1-9-5-4-6-10(2)12(9)17-7-11-8-18-14(16)19(3)13(11)15/h4-6,8,13,17H,7H2,1-3H3. The molecule has 0 aromatic heterocycles. The fourth-order valence-corrected chi connectivity index (χ4v) is 2.47. The van der Waals surface area contributed by atoms with Crippen LogP contribution in [0.4, 0.5) is 5.69 Å². The summed E-state index contributed by atoms with van der Waals surface area (Å²) in [6.07, 6.45) is 1.74. The zero-order valence-corrected chi connectivity index (χ0v) is 12.8. The Balaban J connectivity index is 2.11. The van der Waals surface area contributed by atoms with Crippen molar-refractivity contribution in [1.29, 1.82) is 0 Å². The van der Waals surface area contributed by atoms with Gasteiger partial charge in [-0.25, -0.2) is 4.99 Å². The molecule has 1 aromatic rings. The maximum absolute atomic E-state index is 6.33. The van der Waals surface area contributed by atoms with E-state index in [1.807, 2.05) is 7.05 Å². The van der Waals surface area contributed by atoms with Crippen molar-refractivity contribution in [3.8, 4) is 0 Å². The highest BCUT2D eigenvalue weighted by Gasteiger charge is 2.22. The summed E-state index contributed by atoms with van der Waals surface area (Å²) in [6.45, 7) is 4.83. The Labute approximate surface area is 123 Å². The molecule has 0 amide bonds. The summed E-state index contributed by atoms with van der Waals surface area (Å²) in [5.74, 6) is 0. The van der Waals surface area contributed by atoms with Gasteiger partial charge in [0.2, 0.25) is 0 Å². The number of anilines is 1. The second-order valence-electron chi connectivity index (χ2n) is 4.67. The van der Waals surface area contributed by atoms with Crippen molar-refractivity contribution in [2.75, 3.05) is 18.9 Å². The minimum Gasteiger partial charge on any atom is -0.381 e. The number of hydrogen-bond acceptors (Lipinski definition) is 3. The number of aliphatic imine (C=N–C) groups is 1. The van der Waals surface area contributed by atoms with Crippen LogP contribution >= 0.6 is 23.2 Å². The van der Waals surface area contributed by atoms with Gasteiger partial charge in [-0.2, -0.15) is 0 Å². The number of alkyl halides is 1. The quantitative estimate of drug-likeness (QED) is 0.680. The van der Waals surface area contributed by atoms with Crippen molar-refractivity contribution >= 4 is 34.2 Å². The zero-order valence-electron chi connectivity index (χ0n) is 11.2. The molecule has 0 saturated carbocycles. The summed E-state index contributed by atoms with van der Waals surface area (Å²) in [7, 11) is 1.83. The van der Waals surface area contributed by atoms with Crippen LogP contribution in [-0.4, -0.2) is 29.3 Å². The van der Waals surface area contributed by atoms with Crippen molar-refractivity contribution in [3.63, 3.8) is 0 Å². The van der Waals surface area contributed by atoms with Gasteiger partial charge in [0, 0.05) is 31.1 Å². The first-order valence-electron chi connectivity index (χ1n) is 6.10. The Morgan fingerprint density at radius 2 is 1.95 bits per heavy atom. The molecular formula is C14H17Cl2N3. The van der Waals surface area contributed by atoms with Crippen molar-refractivity contribution < 1.29 is 0 Å². The molecule has 2 rings (SSSR count). The highest BCUT2D eigenvalue weighted by atomic mass is 35.5. The summed E-state index contributed by atoms with van der Waals surface area (Å²) < 4.78 is 0. The van der Waals surface area contributed by atoms with Crippen molar-refractivity contribution in [2.45, 2.75) is 19.3 Å². The molecule has 19 heavy (non-hydrogen) atoms. The third kappa shape index (κ3) is 3.04. The van der Waals surface area contributed by atoms with Gasteiger partial charge in [0.25, 0.3) is 0 Å². The second kappa shape index (κ2) is 5.85. The normalized spacial score (nSPS) is 19.0. The van der Waals surface area contributed by atoms with Crippen molar-refractivity contribution in [3.05, 3.63) is 41.1 Å². The van der Waals surface area contributed by atoms with Crippen LogP contribution in [0.1, 0.15) is 11.1 Å². The third-order valence-corrected chi connectivity index (χ3v) is 4.16. The summed E-state index contributed by atoms with van der Waals surface area (Å²) in [6, 6.07) is 6.23. The lowest BCUT2D eigenvalue weighted by Crippen LogP contribution is -2.36. The van der Waals surface area contributed by atoms with Crippen LogP contribution in [0.5, 0.6) is 0 Å². The van der Waals surface area contributed by atoms with E-state index in [0.717, 1.165) is 11.3 Å². The molecule has 102 valence electrons. The first kappa shape index (κ1) is 14.2. The maximum Gasteiger partial charge on any atom is 0.199 e. The summed E-state index contributed by atoms with van der Waals surface area (Å²) >= 11 is 12.2. The number of nitrogens with zero attached hydrogens (tertiary/aromatic N) is 2. The number of rotatable bonds is 3. The summed E-state index contributed by atoms with van der Waals surface area (Å²) in [5.41, 5.74) is 4.32. The first-order chi connectivity index (χ1) is 9.00. The van der Waals surface area contributed by atoms with Gasteiger partial charge in [0.05, 0.1) is 0 Å². The van der Waals surface area contributed by atoms with Gasteiger partial charge in [-0.05, 0) is 36.6 Å². The maximum atomic E-state index is 6.33. The van der Waals surface area contributed by atoms with Crippen LogP contribution in [0.2, 0.25) is 0 Å². The van der Waals surface area contributed by atoms with Gasteiger partial charge in [0.15, 0.2) is 5.29 Å². The van der Waals surface area contributed by atoms with Gasteiger partial charge in [-0.3, -0.25) is 0 Å². The SMILES string of the molecule is Cc1cccc(C)c1NCC1=CN=C(Cl)N(C)C1Cl. The van der Waals surface area contributed by atoms with Gasteiger partial charge >= 0.3 is 0 Å². The molecule has 3 nitrogen and oxygen atoms in total. The Bertz CT molecular complexity index is 517. The van der Waals surface area contributed by atoms with Gasteiger partial charge in [-0.1, -0.05) is 29.8 Å². The molecule has 1 N–H and O–H groups in total. The molecule has 0 fully saturated rings. The molecule has 0 spiro atoms. The Kier molecular flexibility index (Phi) is 4.38. The van der Waals surface area contributed by atoms with Crippen molar-refractivity contribution in [1.82, 2.24) is 4.90 Å². The topological polar surface area (TPSA) is 27.6 Å². The monoisotopic (exact) mass is 297 g/mol. The van der Waals surface area contributed by atoms with Crippen LogP contribution in [-0.2, 0) is 0 Å². The van der Waals surface area contributed by atoms with E-state index in [1.54, 1.807) is 11.1 Å². The smallest absolute Gasteiger partial charge is 0.199 e. The highest BCUT2D eigenvalue weighted by Crippen LogP contribution is 2.23. The molecule has 1 aliphatic heterocycles. The largest absolute Gasteiger partial charge is 0.381 e. The number of para-hydroxylation sites is 1. The molecule has 1 aliphatic rings. The van der Waals surface area contributed by atoms with Crippen LogP contribution in [0.15, 0.2) is 35.0 Å². The molecule has 5 heteroatoms. The third-order valence-electron chi connectivity index (χ3n) is 3.22. The van der Waals surface area contributed by atoms with Gasteiger partial charge in [0.1, 0.15) is 5.50 Å². The lowest BCUT2D eigenvalue weighted by atomic mass is 10.1. The zero-order chi connectivity index (χ0) is 14.0. The first-order valence-corrected chi connectivity index (χ1v) is 6.91. The molecule has 0 bridgehead atoms. The number of amidine groups is 1. The molecule has 1 unspecified atom stereocenters. The number of benzene rings is 1.